The van der Waals surface area contributed by atoms with E-state index in [2.05, 4.69) is 90.2 Å². The van der Waals surface area contributed by atoms with Crippen molar-refractivity contribution < 1.29 is 14.2 Å². The minimum atomic E-state index is -1.16. The minimum Gasteiger partial charge on any atom is -0.381 e. The first-order valence-corrected chi connectivity index (χ1v) is 21.7. The average molecular weight is 648 g/mol. The van der Waals surface area contributed by atoms with Crippen molar-refractivity contribution in [3.05, 3.63) is 21.5 Å². The van der Waals surface area contributed by atoms with Crippen LogP contribution in [0.25, 0.3) is 5.65 Å². The molecule has 0 amide bonds. The van der Waals surface area contributed by atoms with Crippen molar-refractivity contribution in [1.29, 1.82) is 0 Å². The molecule has 1 aliphatic rings. The molecular formula is C25H46IN5O3Si2. The van der Waals surface area contributed by atoms with Crippen LogP contribution in [0.1, 0.15) is 31.5 Å². The van der Waals surface area contributed by atoms with Crippen molar-refractivity contribution in [2.45, 2.75) is 83.2 Å². The molecule has 0 saturated carbocycles. The van der Waals surface area contributed by atoms with E-state index in [1.165, 1.54) is 0 Å². The fraction of sp³-hybridized carbons (Fsp3) is 0.760. The van der Waals surface area contributed by atoms with Gasteiger partial charge in [-0.2, -0.15) is 9.61 Å². The van der Waals surface area contributed by atoms with Crippen LogP contribution in [0, 0.1) is 3.57 Å². The highest BCUT2D eigenvalue weighted by Gasteiger charge is 2.22. The lowest BCUT2D eigenvalue weighted by atomic mass is 10.1. The van der Waals surface area contributed by atoms with Gasteiger partial charge in [-0.15, -0.1) is 0 Å². The van der Waals surface area contributed by atoms with Crippen molar-refractivity contribution >= 4 is 50.2 Å². The summed E-state index contributed by atoms with van der Waals surface area (Å²) in [5.74, 6) is 0.958. The number of hydrogen-bond donors (Lipinski definition) is 1. The summed E-state index contributed by atoms with van der Waals surface area (Å²) < 4.78 is 20.9. The Labute approximate surface area is 233 Å². The summed E-state index contributed by atoms with van der Waals surface area (Å²) in [6.45, 7) is 20.6. The van der Waals surface area contributed by atoms with E-state index in [4.69, 9.17) is 19.2 Å². The van der Waals surface area contributed by atoms with Crippen molar-refractivity contribution in [3.63, 3.8) is 0 Å². The predicted octanol–water partition coefficient (Wildman–Crippen LogP) is 5.59. The fourth-order valence-corrected chi connectivity index (χ4v) is 5.95. The van der Waals surface area contributed by atoms with Gasteiger partial charge in [-0.05, 0) is 54.4 Å². The summed E-state index contributed by atoms with van der Waals surface area (Å²) in [7, 11) is -2.32. The summed E-state index contributed by atoms with van der Waals surface area (Å²) in [6.07, 6.45) is 3.94. The van der Waals surface area contributed by atoms with Gasteiger partial charge in [0.15, 0.2) is 5.65 Å². The molecule has 1 N–H and O–H groups in total. The fourth-order valence-electron chi connectivity index (χ4n) is 3.96. The molecule has 1 aliphatic heterocycles. The van der Waals surface area contributed by atoms with Crippen LogP contribution in [0.3, 0.4) is 0 Å². The van der Waals surface area contributed by atoms with E-state index in [0.717, 1.165) is 72.1 Å². The number of aromatic nitrogens is 3. The summed E-state index contributed by atoms with van der Waals surface area (Å²) in [5, 5.41) is 8.43. The lowest BCUT2D eigenvalue weighted by Gasteiger charge is -2.29. The summed E-state index contributed by atoms with van der Waals surface area (Å²) in [6, 6.07) is 4.99. The number of halogens is 1. The van der Waals surface area contributed by atoms with Crippen LogP contribution in [0.2, 0.25) is 51.4 Å². The van der Waals surface area contributed by atoms with Gasteiger partial charge in [0.2, 0.25) is 0 Å². The highest BCUT2D eigenvalue weighted by atomic mass is 127. The van der Waals surface area contributed by atoms with Gasteiger partial charge in [0.25, 0.3) is 0 Å². The molecule has 0 bridgehead atoms. The van der Waals surface area contributed by atoms with Crippen molar-refractivity contribution in [1.82, 2.24) is 19.9 Å². The third kappa shape index (κ3) is 9.62. The van der Waals surface area contributed by atoms with E-state index in [9.17, 15) is 0 Å². The first kappa shape index (κ1) is 30.0. The Balaban J connectivity index is 1.82. The molecule has 0 aromatic carbocycles. The van der Waals surface area contributed by atoms with E-state index >= 15 is 0 Å². The van der Waals surface area contributed by atoms with Gasteiger partial charge in [-0.3, -0.25) is 0 Å². The Morgan fingerprint density at radius 2 is 1.67 bits per heavy atom. The Morgan fingerprint density at radius 3 is 2.22 bits per heavy atom. The normalized spacial score (nSPS) is 16.6. The predicted molar refractivity (Wildman–Crippen MR) is 162 cm³/mol. The zero-order chi connectivity index (χ0) is 26.3. The molecule has 3 rings (SSSR count). The average Bonchev–Trinajstić information content (AvgIpc) is 3.17. The van der Waals surface area contributed by atoms with E-state index < -0.39 is 16.1 Å². The highest BCUT2D eigenvalue weighted by molar-refractivity contribution is 14.1. The summed E-state index contributed by atoms with van der Waals surface area (Å²) >= 11 is 2.32. The maximum absolute atomic E-state index is 6.20. The molecule has 2 aromatic heterocycles. The SMILES string of the molecule is CC(NC1CCOCC1)c1cc(N(COCC[Si](C)(C)C)COCC[Si](C)(C)C)n2ncc(I)c2n1. The summed E-state index contributed by atoms with van der Waals surface area (Å²) in [5.41, 5.74) is 1.88. The van der Waals surface area contributed by atoms with Crippen LogP contribution >= 0.6 is 22.6 Å². The van der Waals surface area contributed by atoms with Gasteiger partial charge in [-0.25, -0.2) is 4.98 Å². The zero-order valence-corrected chi connectivity index (χ0v) is 27.4. The van der Waals surface area contributed by atoms with Gasteiger partial charge >= 0.3 is 0 Å². The maximum atomic E-state index is 6.20. The molecule has 0 aliphatic carbocycles. The third-order valence-electron chi connectivity index (χ3n) is 6.39. The Bertz CT molecular complexity index is 936. The van der Waals surface area contributed by atoms with E-state index in [0.29, 0.717) is 19.5 Å². The highest BCUT2D eigenvalue weighted by Crippen LogP contribution is 2.25. The molecule has 0 spiro atoms. The summed E-state index contributed by atoms with van der Waals surface area (Å²) in [4.78, 5) is 7.17. The maximum Gasteiger partial charge on any atom is 0.171 e. The lowest BCUT2D eigenvalue weighted by Crippen LogP contribution is -2.37. The molecule has 1 saturated heterocycles. The standard InChI is InChI=1S/C25H46IN5O3Si2/c1-20(28-21-8-10-32-11-9-21)23-16-24(31-25(29-23)22(26)17-27-31)30(18-33-12-14-35(2,3)4)19-34-13-15-36(5,6)7/h16-17,20-21,28H,8-15,18-19H2,1-7H3. The first-order chi connectivity index (χ1) is 16.9. The second kappa shape index (κ2) is 13.5. The Kier molecular flexibility index (Phi) is 11.2. The molecule has 1 atom stereocenters. The van der Waals surface area contributed by atoms with Crippen LogP contribution in [0.15, 0.2) is 12.3 Å². The quantitative estimate of drug-likeness (QED) is 0.124. The van der Waals surface area contributed by atoms with E-state index in [1.54, 1.807) is 0 Å². The first-order valence-electron chi connectivity index (χ1n) is 13.2. The zero-order valence-electron chi connectivity index (χ0n) is 23.3. The van der Waals surface area contributed by atoms with Crippen molar-refractivity contribution in [2.24, 2.45) is 0 Å². The monoisotopic (exact) mass is 647 g/mol. The van der Waals surface area contributed by atoms with Crippen LogP contribution < -0.4 is 10.2 Å². The number of fused-ring (bicyclic) bond motifs is 1. The third-order valence-corrected chi connectivity index (χ3v) is 10.6. The second-order valence-corrected chi connectivity index (χ2v) is 24.7. The molecule has 36 heavy (non-hydrogen) atoms. The Hall–Kier alpha value is -0.576. The van der Waals surface area contributed by atoms with Crippen LogP contribution in [0.5, 0.6) is 0 Å². The van der Waals surface area contributed by atoms with Gasteiger partial charge in [-0.1, -0.05) is 39.3 Å². The number of rotatable bonds is 14. The van der Waals surface area contributed by atoms with Crippen LogP contribution in [-0.4, -0.2) is 76.7 Å². The van der Waals surface area contributed by atoms with Gasteiger partial charge in [0.05, 0.1) is 15.5 Å². The van der Waals surface area contributed by atoms with Crippen molar-refractivity contribution in [2.75, 3.05) is 44.8 Å². The molecule has 1 unspecified atom stereocenters. The van der Waals surface area contributed by atoms with Gasteiger partial charge < -0.3 is 24.4 Å². The van der Waals surface area contributed by atoms with E-state index in [1.807, 2.05) is 10.7 Å². The van der Waals surface area contributed by atoms with Crippen molar-refractivity contribution in [3.8, 4) is 0 Å². The lowest BCUT2D eigenvalue weighted by molar-refractivity contribution is 0.0753. The van der Waals surface area contributed by atoms with Gasteiger partial charge in [0.1, 0.15) is 19.3 Å². The molecule has 3 heterocycles. The van der Waals surface area contributed by atoms with Gasteiger partial charge in [0, 0.05) is 60.7 Å². The molecule has 1 fully saturated rings. The van der Waals surface area contributed by atoms with E-state index in [-0.39, 0.29) is 6.04 Å². The number of nitrogens with one attached hydrogen (secondary N) is 1. The Morgan fingerprint density at radius 1 is 1.08 bits per heavy atom. The molecule has 2 aromatic rings. The smallest absolute Gasteiger partial charge is 0.171 e. The second-order valence-electron chi connectivity index (χ2n) is 12.3. The number of nitrogens with zero attached hydrogens (tertiary/aromatic N) is 4. The molecular weight excluding hydrogens is 601 g/mol. The van der Waals surface area contributed by atoms with Crippen LogP contribution in [0.4, 0.5) is 5.82 Å². The minimum absolute atomic E-state index is 0.116. The molecule has 8 nitrogen and oxygen atoms in total. The molecule has 0 radical (unpaired) electrons. The molecule has 11 heteroatoms. The number of hydrogen-bond acceptors (Lipinski definition) is 7. The topological polar surface area (TPSA) is 73.2 Å². The molecule has 204 valence electrons. The largest absolute Gasteiger partial charge is 0.381 e. The number of ether oxygens (including phenoxy) is 3. The number of anilines is 1. The van der Waals surface area contributed by atoms with Crippen LogP contribution in [-0.2, 0) is 14.2 Å².